The molecule has 1 fully saturated rings. The molecule has 1 amide bonds. The Kier molecular flexibility index (Phi) is 4.20. The zero-order valence-corrected chi connectivity index (χ0v) is 10.9. The van der Waals surface area contributed by atoms with E-state index in [1.54, 1.807) is 0 Å². The Bertz CT molecular complexity index is 419. The fourth-order valence-corrected chi connectivity index (χ4v) is 2.50. The summed E-state index contributed by atoms with van der Waals surface area (Å²) in [6, 6.07) is 7.95. The molecule has 3 N–H and O–H groups in total. The Morgan fingerprint density at radius 1 is 1.44 bits per heavy atom. The molecular weight excluding hydrogens is 226 g/mol. The highest BCUT2D eigenvalue weighted by Crippen LogP contribution is 2.14. The summed E-state index contributed by atoms with van der Waals surface area (Å²) in [5, 5.41) is 2.92. The average molecular weight is 247 g/mol. The summed E-state index contributed by atoms with van der Waals surface area (Å²) < 4.78 is 0. The second-order valence-electron chi connectivity index (χ2n) is 4.70. The van der Waals surface area contributed by atoms with Gasteiger partial charge in [-0.15, -0.1) is 0 Å². The van der Waals surface area contributed by atoms with Crippen LogP contribution in [0.5, 0.6) is 0 Å². The molecule has 0 aliphatic carbocycles. The lowest BCUT2D eigenvalue weighted by Crippen LogP contribution is -2.55. The van der Waals surface area contributed by atoms with Crippen molar-refractivity contribution in [3.8, 4) is 0 Å². The molecule has 1 aromatic carbocycles. The van der Waals surface area contributed by atoms with Crippen LogP contribution in [0.2, 0.25) is 0 Å². The van der Waals surface area contributed by atoms with Crippen LogP contribution in [0.1, 0.15) is 18.9 Å². The van der Waals surface area contributed by atoms with Gasteiger partial charge >= 0.3 is 0 Å². The summed E-state index contributed by atoms with van der Waals surface area (Å²) in [4.78, 5) is 14.0. The van der Waals surface area contributed by atoms with Crippen molar-refractivity contribution < 1.29 is 4.79 Å². The summed E-state index contributed by atoms with van der Waals surface area (Å²) in [7, 11) is 0. The number of hydrogen-bond donors (Lipinski definition) is 2. The van der Waals surface area contributed by atoms with Crippen molar-refractivity contribution in [2.45, 2.75) is 25.8 Å². The van der Waals surface area contributed by atoms with Crippen LogP contribution in [-0.4, -0.2) is 36.5 Å². The number of nitrogen functional groups attached to an aromatic ring is 1. The molecule has 0 radical (unpaired) electrons. The van der Waals surface area contributed by atoms with E-state index in [0.29, 0.717) is 0 Å². The third-order valence-electron chi connectivity index (χ3n) is 3.55. The molecule has 1 aliphatic rings. The fraction of sp³-hybridized carbons (Fsp3) is 0.500. The van der Waals surface area contributed by atoms with E-state index in [1.165, 1.54) is 5.56 Å². The lowest BCUT2D eigenvalue weighted by atomic mass is 10.1. The fourth-order valence-electron chi connectivity index (χ4n) is 2.50. The highest BCUT2D eigenvalue weighted by molar-refractivity contribution is 5.82. The molecule has 2 rings (SSSR count). The minimum atomic E-state index is 0.0173. The molecule has 1 saturated heterocycles. The van der Waals surface area contributed by atoms with E-state index >= 15 is 0 Å². The van der Waals surface area contributed by atoms with Crippen LogP contribution in [0.15, 0.2) is 24.3 Å². The van der Waals surface area contributed by atoms with Crippen LogP contribution < -0.4 is 11.1 Å². The minimum absolute atomic E-state index is 0.0173. The highest BCUT2D eigenvalue weighted by atomic mass is 16.2. The summed E-state index contributed by atoms with van der Waals surface area (Å²) >= 11 is 0. The predicted molar refractivity (Wildman–Crippen MR) is 73.2 cm³/mol. The van der Waals surface area contributed by atoms with Crippen LogP contribution in [0, 0.1) is 0 Å². The summed E-state index contributed by atoms with van der Waals surface area (Å²) in [6.45, 7) is 4.62. The van der Waals surface area contributed by atoms with Crippen LogP contribution in [0.3, 0.4) is 0 Å². The molecule has 0 bridgehead atoms. The van der Waals surface area contributed by atoms with Crippen LogP contribution in [-0.2, 0) is 11.2 Å². The molecule has 0 saturated carbocycles. The van der Waals surface area contributed by atoms with Crippen molar-refractivity contribution in [2.75, 3.05) is 25.4 Å². The number of para-hydroxylation sites is 1. The Hall–Kier alpha value is -1.55. The van der Waals surface area contributed by atoms with Gasteiger partial charge in [0.05, 0.1) is 6.04 Å². The number of rotatable bonds is 4. The Morgan fingerprint density at radius 2 is 2.22 bits per heavy atom. The number of carbonyl (C=O) groups is 1. The van der Waals surface area contributed by atoms with E-state index in [-0.39, 0.29) is 11.9 Å². The van der Waals surface area contributed by atoms with Gasteiger partial charge in [-0.25, -0.2) is 0 Å². The van der Waals surface area contributed by atoms with Crippen LogP contribution in [0.25, 0.3) is 0 Å². The average Bonchev–Trinajstić information content (AvgIpc) is 2.38. The first kappa shape index (κ1) is 12.9. The molecule has 18 heavy (non-hydrogen) atoms. The van der Waals surface area contributed by atoms with Crippen molar-refractivity contribution >= 4 is 11.6 Å². The second-order valence-corrected chi connectivity index (χ2v) is 4.70. The number of nitrogens with two attached hydrogens (primary N) is 1. The maximum Gasteiger partial charge on any atom is 0.237 e. The lowest BCUT2D eigenvalue weighted by molar-refractivity contribution is -0.129. The number of carbonyl (C=O) groups excluding carboxylic acids is 1. The van der Waals surface area contributed by atoms with Gasteiger partial charge in [0.2, 0.25) is 5.91 Å². The summed E-state index contributed by atoms with van der Waals surface area (Å²) in [5.74, 6) is 0.157. The smallest absolute Gasteiger partial charge is 0.237 e. The molecular formula is C14H21N3O. The van der Waals surface area contributed by atoms with Gasteiger partial charge in [0.25, 0.3) is 0 Å². The number of anilines is 1. The predicted octanol–water partition coefficient (Wildman–Crippen LogP) is 1.02. The first-order valence-corrected chi connectivity index (χ1v) is 6.57. The largest absolute Gasteiger partial charge is 0.399 e. The zero-order valence-electron chi connectivity index (χ0n) is 10.9. The van der Waals surface area contributed by atoms with Gasteiger partial charge in [-0.05, 0) is 24.5 Å². The van der Waals surface area contributed by atoms with Gasteiger partial charge in [-0.3, -0.25) is 9.69 Å². The molecule has 0 aromatic heterocycles. The van der Waals surface area contributed by atoms with Crippen molar-refractivity contribution in [1.82, 2.24) is 10.2 Å². The maximum atomic E-state index is 11.7. The highest BCUT2D eigenvalue weighted by Gasteiger charge is 2.27. The van der Waals surface area contributed by atoms with Crippen molar-refractivity contribution in [1.29, 1.82) is 0 Å². The molecule has 1 aromatic rings. The normalized spacial score (nSPS) is 20.7. The van der Waals surface area contributed by atoms with E-state index in [2.05, 4.69) is 23.2 Å². The van der Waals surface area contributed by atoms with E-state index < -0.39 is 0 Å². The van der Waals surface area contributed by atoms with E-state index in [9.17, 15) is 4.79 Å². The number of piperazine rings is 1. The summed E-state index contributed by atoms with van der Waals surface area (Å²) in [6.07, 6.45) is 1.76. The van der Waals surface area contributed by atoms with Crippen molar-refractivity contribution in [3.05, 3.63) is 29.8 Å². The number of hydrogen-bond acceptors (Lipinski definition) is 3. The molecule has 1 unspecified atom stereocenters. The van der Waals surface area contributed by atoms with Crippen LogP contribution >= 0.6 is 0 Å². The van der Waals surface area contributed by atoms with E-state index in [1.807, 2.05) is 18.2 Å². The topological polar surface area (TPSA) is 58.4 Å². The molecule has 0 spiro atoms. The van der Waals surface area contributed by atoms with Crippen LogP contribution in [0.4, 0.5) is 5.69 Å². The number of nitrogens with zero attached hydrogens (tertiary/aromatic N) is 1. The minimum Gasteiger partial charge on any atom is -0.399 e. The van der Waals surface area contributed by atoms with Gasteiger partial charge in [0.1, 0.15) is 0 Å². The number of benzene rings is 1. The Morgan fingerprint density at radius 3 is 2.94 bits per heavy atom. The number of amides is 1. The van der Waals surface area contributed by atoms with Gasteiger partial charge in [-0.1, -0.05) is 25.1 Å². The van der Waals surface area contributed by atoms with Gasteiger partial charge < -0.3 is 11.1 Å². The summed E-state index contributed by atoms with van der Waals surface area (Å²) in [5.41, 5.74) is 7.94. The van der Waals surface area contributed by atoms with Gasteiger partial charge in [0.15, 0.2) is 0 Å². The first-order valence-electron chi connectivity index (χ1n) is 6.57. The Labute approximate surface area is 108 Å². The van der Waals surface area contributed by atoms with Crippen molar-refractivity contribution in [2.24, 2.45) is 0 Å². The molecule has 1 heterocycles. The first-order chi connectivity index (χ1) is 8.72. The standard InChI is InChI=1S/C14H21N3O/c1-2-13-14(18)16-8-10-17(13)9-7-11-5-3-4-6-12(11)15/h3-6,13H,2,7-10,15H2,1H3,(H,16,18). The quantitative estimate of drug-likeness (QED) is 0.781. The molecule has 4 heteroatoms. The maximum absolute atomic E-state index is 11.7. The molecule has 98 valence electrons. The molecule has 4 nitrogen and oxygen atoms in total. The lowest BCUT2D eigenvalue weighted by Gasteiger charge is -2.34. The van der Waals surface area contributed by atoms with E-state index in [4.69, 9.17) is 5.73 Å². The third-order valence-corrected chi connectivity index (χ3v) is 3.55. The monoisotopic (exact) mass is 247 g/mol. The van der Waals surface area contributed by atoms with Crippen molar-refractivity contribution in [3.63, 3.8) is 0 Å². The van der Waals surface area contributed by atoms with Gasteiger partial charge in [0, 0.05) is 25.3 Å². The zero-order chi connectivity index (χ0) is 13.0. The molecule has 1 atom stereocenters. The molecule has 1 aliphatic heterocycles. The SMILES string of the molecule is CCC1C(=O)NCCN1CCc1ccccc1N. The number of nitrogens with one attached hydrogen (secondary N) is 1. The second kappa shape index (κ2) is 5.87. The Balaban J connectivity index is 1.97. The van der Waals surface area contributed by atoms with E-state index in [0.717, 1.165) is 38.2 Å². The van der Waals surface area contributed by atoms with Gasteiger partial charge in [-0.2, -0.15) is 0 Å². The third kappa shape index (κ3) is 2.82.